The molecule has 0 aliphatic heterocycles. The van der Waals surface area contributed by atoms with Crippen LogP contribution in [0.15, 0.2) is 18.3 Å². The summed E-state index contributed by atoms with van der Waals surface area (Å²) in [6, 6.07) is 3.86. The van der Waals surface area contributed by atoms with Crippen LogP contribution < -0.4 is 5.32 Å². The Balaban J connectivity index is 0.00000256. The first kappa shape index (κ1) is 16.6. The Hall–Kier alpha value is -0.350. The maximum Gasteiger partial charge on any atom is 0.133 e. The second-order valence-corrected chi connectivity index (χ2v) is 4.46. The summed E-state index contributed by atoms with van der Waals surface area (Å²) < 4.78 is 5.45. The molecule has 0 aliphatic rings. The zero-order chi connectivity index (χ0) is 11.8. The lowest BCUT2D eigenvalue weighted by Gasteiger charge is -2.08. The summed E-state index contributed by atoms with van der Waals surface area (Å²) >= 11 is 5.92. The predicted molar refractivity (Wildman–Crippen MR) is 73.9 cm³/mol. The number of nitrogens with zero attached hydrogens (tertiary/aromatic N) is 1. The maximum atomic E-state index is 5.92. The largest absolute Gasteiger partial charge is 0.380 e. The van der Waals surface area contributed by atoms with E-state index in [9.17, 15) is 0 Å². The normalized spacial score (nSPS) is 10.4. The number of nitrogens with one attached hydrogen (secondary N) is 1. The fourth-order valence-corrected chi connectivity index (χ4v) is 1.42. The van der Waals surface area contributed by atoms with Crippen molar-refractivity contribution in [3.8, 4) is 0 Å². The van der Waals surface area contributed by atoms with Crippen LogP contribution in [0.1, 0.15) is 19.4 Å². The molecule has 0 spiro atoms. The van der Waals surface area contributed by atoms with Crippen molar-refractivity contribution in [2.24, 2.45) is 5.92 Å². The Bertz CT molecular complexity index is 308. The van der Waals surface area contributed by atoms with Gasteiger partial charge in [-0.1, -0.05) is 31.5 Å². The van der Waals surface area contributed by atoms with E-state index in [0.29, 0.717) is 11.1 Å². The molecule has 0 amide bonds. The Morgan fingerprint density at radius 3 is 2.88 bits per heavy atom. The Morgan fingerprint density at radius 1 is 1.47 bits per heavy atom. The smallest absolute Gasteiger partial charge is 0.133 e. The summed E-state index contributed by atoms with van der Waals surface area (Å²) in [5, 5.41) is 3.83. The molecule has 0 atom stereocenters. The van der Waals surface area contributed by atoms with Crippen molar-refractivity contribution in [3.05, 3.63) is 29.0 Å². The number of aromatic nitrogens is 1. The molecule has 3 nitrogen and oxygen atoms in total. The van der Waals surface area contributed by atoms with Gasteiger partial charge >= 0.3 is 0 Å². The van der Waals surface area contributed by atoms with Crippen LogP contribution in [0.2, 0.25) is 5.15 Å². The van der Waals surface area contributed by atoms with Crippen LogP contribution in [0.3, 0.4) is 0 Å². The van der Waals surface area contributed by atoms with Gasteiger partial charge in [0.2, 0.25) is 0 Å². The highest BCUT2D eigenvalue weighted by Crippen LogP contribution is 2.10. The number of halogens is 2. The van der Waals surface area contributed by atoms with Crippen molar-refractivity contribution in [1.29, 1.82) is 0 Å². The molecule has 1 aromatic rings. The molecule has 1 N–H and O–H groups in total. The van der Waals surface area contributed by atoms with Gasteiger partial charge < -0.3 is 10.1 Å². The molecule has 17 heavy (non-hydrogen) atoms. The van der Waals surface area contributed by atoms with E-state index in [2.05, 4.69) is 24.1 Å². The predicted octanol–water partition coefficient (Wildman–Crippen LogP) is 2.92. The highest BCUT2D eigenvalue weighted by atomic mass is 35.5. The van der Waals surface area contributed by atoms with Crippen molar-refractivity contribution in [2.45, 2.75) is 20.4 Å². The fraction of sp³-hybridized carbons (Fsp3) is 0.583. The zero-order valence-electron chi connectivity index (χ0n) is 10.3. The van der Waals surface area contributed by atoms with Gasteiger partial charge in [-0.25, -0.2) is 4.98 Å². The standard InChI is InChI=1S/C12H19ClN2O.ClH/c1-10(2)9-16-7-6-14-8-11-4-3-5-15-12(11)13;/h3-5,10,14H,6-9H2,1-2H3;1H. The molecule has 0 aromatic carbocycles. The topological polar surface area (TPSA) is 34.1 Å². The molecule has 0 unspecified atom stereocenters. The summed E-state index contributed by atoms with van der Waals surface area (Å²) in [5.41, 5.74) is 1.02. The van der Waals surface area contributed by atoms with Gasteiger partial charge in [0, 0.05) is 31.5 Å². The summed E-state index contributed by atoms with van der Waals surface area (Å²) in [4.78, 5) is 4.01. The number of rotatable bonds is 7. The highest BCUT2D eigenvalue weighted by Gasteiger charge is 1.99. The number of hydrogen-bond acceptors (Lipinski definition) is 3. The van der Waals surface area contributed by atoms with Crippen LogP contribution in [0, 0.1) is 5.92 Å². The minimum Gasteiger partial charge on any atom is -0.380 e. The SMILES string of the molecule is CC(C)COCCNCc1cccnc1Cl.Cl. The lowest BCUT2D eigenvalue weighted by atomic mass is 10.2. The van der Waals surface area contributed by atoms with E-state index in [1.54, 1.807) is 6.20 Å². The third-order valence-corrected chi connectivity index (χ3v) is 2.37. The van der Waals surface area contributed by atoms with Gasteiger partial charge in [-0.2, -0.15) is 0 Å². The van der Waals surface area contributed by atoms with Crippen molar-refractivity contribution < 1.29 is 4.74 Å². The van der Waals surface area contributed by atoms with E-state index in [1.165, 1.54) is 0 Å². The van der Waals surface area contributed by atoms with Gasteiger partial charge in [0.1, 0.15) is 5.15 Å². The fourth-order valence-electron chi connectivity index (χ4n) is 1.24. The summed E-state index contributed by atoms with van der Waals surface area (Å²) in [6.07, 6.45) is 1.69. The summed E-state index contributed by atoms with van der Waals surface area (Å²) in [5.74, 6) is 0.591. The van der Waals surface area contributed by atoms with Gasteiger partial charge in [-0.3, -0.25) is 0 Å². The Morgan fingerprint density at radius 2 is 2.24 bits per heavy atom. The number of hydrogen-bond donors (Lipinski definition) is 1. The van der Waals surface area contributed by atoms with E-state index in [0.717, 1.165) is 31.9 Å². The average Bonchev–Trinajstić information content (AvgIpc) is 2.25. The first-order valence-electron chi connectivity index (χ1n) is 5.58. The molecule has 98 valence electrons. The quantitative estimate of drug-likeness (QED) is 0.615. The van der Waals surface area contributed by atoms with E-state index in [1.807, 2.05) is 12.1 Å². The van der Waals surface area contributed by atoms with E-state index in [4.69, 9.17) is 16.3 Å². The molecular formula is C12H20Cl2N2O. The number of pyridine rings is 1. The molecule has 0 saturated heterocycles. The molecular weight excluding hydrogens is 259 g/mol. The molecule has 0 bridgehead atoms. The van der Waals surface area contributed by atoms with Gasteiger partial charge in [0.15, 0.2) is 0 Å². The third-order valence-electron chi connectivity index (χ3n) is 2.03. The van der Waals surface area contributed by atoms with Gasteiger partial charge in [0.25, 0.3) is 0 Å². The second kappa shape index (κ2) is 9.66. The molecule has 0 radical (unpaired) electrons. The van der Waals surface area contributed by atoms with Gasteiger partial charge in [-0.05, 0) is 12.0 Å². The summed E-state index contributed by atoms with van der Waals surface area (Å²) in [6.45, 7) is 7.40. The lowest BCUT2D eigenvalue weighted by molar-refractivity contribution is 0.111. The minimum absolute atomic E-state index is 0. The first-order valence-corrected chi connectivity index (χ1v) is 5.96. The number of ether oxygens (including phenoxy) is 1. The van der Waals surface area contributed by atoms with Gasteiger partial charge in [0.05, 0.1) is 6.61 Å². The molecule has 0 aliphatic carbocycles. The minimum atomic E-state index is 0. The maximum absolute atomic E-state index is 5.92. The van der Waals surface area contributed by atoms with E-state index < -0.39 is 0 Å². The van der Waals surface area contributed by atoms with Crippen LogP contribution in [-0.4, -0.2) is 24.7 Å². The zero-order valence-corrected chi connectivity index (χ0v) is 11.9. The lowest BCUT2D eigenvalue weighted by Crippen LogP contribution is -2.20. The molecule has 1 aromatic heterocycles. The molecule has 1 rings (SSSR count). The van der Waals surface area contributed by atoms with E-state index >= 15 is 0 Å². The average molecular weight is 279 g/mol. The second-order valence-electron chi connectivity index (χ2n) is 4.10. The van der Waals surface area contributed by atoms with Crippen molar-refractivity contribution in [3.63, 3.8) is 0 Å². The molecule has 1 heterocycles. The molecule has 0 fully saturated rings. The highest BCUT2D eigenvalue weighted by molar-refractivity contribution is 6.30. The Kier molecular flexibility index (Phi) is 9.46. The van der Waals surface area contributed by atoms with Crippen LogP contribution in [0.25, 0.3) is 0 Å². The third kappa shape index (κ3) is 7.55. The van der Waals surface area contributed by atoms with Crippen molar-refractivity contribution >= 4 is 24.0 Å². The van der Waals surface area contributed by atoms with Crippen molar-refractivity contribution in [1.82, 2.24) is 10.3 Å². The molecule has 5 heteroatoms. The monoisotopic (exact) mass is 278 g/mol. The first-order chi connectivity index (χ1) is 7.70. The van der Waals surface area contributed by atoms with E-state index in [-0.39, 0.29) is 12.4 Å². The van der Waals surface area contributed by atoms with Crippen LogP contribution in [0.5, 0.6) is 0 Å². The summed E-state index contributed by atoms with van der Waals surface area (Å²) in [7, 11) is 0. The molecule has 0 saturated carbocycles. The van der Waals surface area contributed by atoms with Crippen molar-refractivity contribution in [2.75, 3.05) is 19.8 Å². The van der Waals surface area contributed by atoms with Crippen LogP contribution in [0.4, 0.5) is 0 Å². The van der Waals surface area contributed by atoms with Crippen LogP contribution >= 0.6 is 24.0 Å². The van der Waals surface area contributed by atoms with Gasteiger partial charge in [-0.15, -0.1) is 12.4 Å². The Labute approximate surface area is 114 Å². The van der Waals surface area contributed by atoms with Crippen LogP contribution in [-0.2, 0) is 11.3 Å².